The molecule has 0 aromatic rings. The topological polar surface area (TPSA) is 61.8 Å². The lowest BCUT2D eigenvalue weighted by atomic mass is 10.5. The van der Waals surface area contributed by atoms with Gasteiger partial charge >= 0.3 is 13.6 Å². The fourth-order valence-corrected chi connectivity index (χ4v) is 1.46. The van der Waals surface area contributed by atoms with Gasteiger partial charge in [-0.3, -0.25) is 9.36 Å². The first-order valence-electron chi connectivity index (χ1n) is 3.94. The second kappa shape index (κ2) is 6.13. The fraction of sp³-hybridized carbons (Fsp3) is 0.857. The summed E-state index contributed by atoms with van der Waals surface area (Å²) in [4.78, 5) is 10.7. The second-order valence-corrected chi connectivity index (χ2v) is 4.67. The highest BCUT2D eigenvalue weighted by Gasteiger charge is 2.20. The number of rotatable bonds is 6. The second-order valence-electron chi connectivity index (χ2n) is 2.27. The molecule has 0 aliphatic rings. The molecule has 0 aliphatic carbocycles. The number of esters is 1. The average Bonchev–Trinajstić information content (AvgIpc) is 2.17. The van der Waals surface area contributed by atoms with Crippen LogP contribution in [0.25, 0.3) is 0 Å². The Morgan fingerprint density at radius 3 is 2.23 bits per heavy atom. The molecule has 0 atom stereocenters. The van der Waals surface area contributed by atoms with Crippen LogP contribution in [0.4, 0.5) is 0 Å². The largest absolute Gasteiger partial charge is 0.465 e. The molecule has 0 rings (SSSR count). The molecule has 78 valence electrons. The van der Waals surface area contributed by atoms with E-state index in [0.29, 0.717) is 6.42 Å². The molecule has 0 aliphatic heterocycles. The fourth-order valence-electron chi connectivity index (χ4n) is 0.630. The van der Waals surface area contributed by atoms with Gasteiger partial charge in [0, 0.05) is 20.6 Å². The van der Waals surface area contributed by atoms with Crippen molar-refractivity contribution in [1.29, 1.82) is 0 Å². The lowest BCUT2D eigenvalue weighted by molar-refractivity contribution is -0.142. The van der Waals surface area contributed by atoms with E-state index < -0.39 is 7.60 Å². The van der Waals surface area contributed by atoms with Gasteiger partial charge in [-0.05, 0) is 0 Å². The van der Waals surface area contributed by atoms with E-state index in [9.17, 15) is 9.36 Å². The predicted octanol–water partition coefficient (Wildman–Crippen LogP) is 1.43. The van der Waals surface area contributed by atoms with Crippen LogP contribution in [0.2, 0.25) is 0 Å². The number of carbonyl (C=O) groups is 1. The minimum absolute atomic E-state index is 0.0611. The zero-order valence-electron chi connectivity index (χ0n) is 8.11. The first-order valence-corrected chi connectivity index (χ1v) is 5.67. The lowest BCUT2D eigenvalue weighted by Crippen LogP contribution is -2.08. The van der Waals surface area contributed by atoms with Crippen molar-refractivity contribution >= 4 is 13.6 Å². The monoisotopic (exact) mass is 210 g/mol. The van der Waals surface area contributed by atoms with E-state index >= 15 is 0 Å². The third-order valence-corrected chi connectivity index (χ3v) is 3.32. The Kier molecular flexibility index (Phi) is 5.95. The number of carbonyl (C=O) groups excluding carboxylic acids is 1. The van der Waals surface area contributed by atoms with E-state index in [1.54, 1.807) is 6.92 Å². The Labute approximate surface area is 77.9 Å². The van der Waals surface area contributed by atoms with E-state index in [4.69, 9.17) is 4.74 Å². The van der Waals surface area contributed by atoms with Crippen molar-refractivity contribution in [2.75, 3.05) is 27.0 Å². The molecule has 13 heavy (non-hydrogen) atoms. The van der Waals surface area contributed by atoms with Gasteiger partial charge in [0.1, 0.15) is 6.61 Å². The lowest BCUT2D eigenvalue weighted by Gasteiger charge is -2.12. The summed E-state index contributed by atoms with van der Waals surface area (Å²) in [5.74, 6) is -0.321. The van der Waals surface area contributed by atoms with E-state index in [1.807, 2.05) is 0 Å². The quantitative estimate of drug-likeness (QED) is 0.490. The first-order chi connectivity index (χ1) is 6.08. The molecular formula is C7H15O5P. The molecule has 0 N–H and O–H groups in total. The molecular weight excluding hydrogens is 195 g/mol. The summed E-state index contributed by atoms with van der Waals surface area (Å²) in [7, 11) is -0.430. The third kappa shape index (κ3) is 5.03. The van der Waals surface area contributed by atoms with Crippen molar-refractivity contribution in [2.45, 2.75) is 13.3 Å². The maximum atomic E-state index is 11.4. The maximum absolute atomic E-state index is 11.4. The molecule has 0 aromatic heterocycles. The highest BCUT2D eigenvalue weighted by atomic mass is 31.2. The smallest absolute Gasteiger partial charge is 0.333 e. The number of hydrogen-bond donors (Lipinski definition) is 0. The standard InChI is InChI=1S/C7H15O5P/c1-4-7(8)12-5-6-13(9,10-2)11-3/h4-6H2,1-3H3. The van der Waals surface area contributed by atoms with Gasteiger partial charge in [0.25, 0.3) is 0 Å². The minimum Gasteiger partial charge on any atom is -0.465 e. The Morgan fingerprint density at radius 1 is 1.31 bits per heavy atom. The van der Waals surface area contributed by atoms with Crippen LogP contribution in [-0.2, 0) is 23.1 Å². The van der Waals surface area contributed by atoms with Crippen molar-refractivity contribution in [3.05, 3.63) is 0 Å². The van der Waals surface area contributed by atoms with Gasteiger partial charge in [-0.1, -0.05) is 6.92 Å². The van der Waals surface area contributed by atoms with Crippen molar-refractivity contribution in [3.63, 3.8) is 0 Å². The van der Waals surface area contributed by atoms with Gasteiger partial charge in [0.15, 0.2) is 0 Å². The van der Waals surface area contributed by atoms with E-state index in [0.717, 1.165) is 0 Å². The maximum Gasteiger partial charge on any atom is 0.333 e. The molecule has 0 fully saturated rings. The summed E-state index contributed by atoms with van der Waals surface area (Å²) in [5.41, 5.74) is 0. The van der Waals surface area contributed by atoms with Crippen LogP contribution in [0.1, 0.15) is 13.3 Å². The van der Waals surface area contributed by atoms with Crippen molar-refractivity contribution in [2.24, 2.45) is 0 Å². The Bertz CT molecular complexity index is 195. The third-order valence-electron chi connectivity index (χ3n) is 1.47. The van der Waals surface area contributed by atoms with Crippen LogP contribution in [0.3, 0.4) is 0 Å². The highest BCUT2D eigenvalue weighted by Crippen LogP contribution is 2.45. The zero-order chi connectivity index (χ0) is 10.3. The van der Waals surface area contributed by atoms with Crippen molar-refractivity contribution in [1.82, 2.24) is 0 Å². The molecule has 0 saturated heterocycles. The van der Waals surface area contributed by atoms with E-state index in [2.05, 4.69) is 9.05 Å². The van der Waals surface area contributed by atoms with E-state index in [1.165, 1.54) is 14.2 Å². The summed E-state index contributed by atoms with van der Waals surface area (Å²) in [6, 6.07) is 0. The van der Waals surface area contributed by atoms with Crippen molar-refractivity contribution in [3.8, 4) is 0 Å². The molecule has 0 radical (unpaired) electrons. The zero-order valence-corrected chi connectivity index (χ0v) is 9.00. The van der Waals surface area contributed by atoms with Crippen LogP contribution < -0.4 is 0 Å². The molecule has 6 heteroatoms. The van der Waals surface area contributed by atoms with Crippen LogP contribution in [0, 0.1) is 0 Å². The van der Waals surface area contributed by atoms with E-state index in [-0.39, 0.29) is 18.7 Å². The van der Waals surface area contributed by atoms with Gasteiger partial charge < -0.3 is 13.8 Å². The molecule has 0 heterocycles. The summed E-state index contributed by atoms with van der Waals surface area (Å²) in [6.07, 6.45) is 0.399. The SMILES string of the molecule is CCC(=O)OCCP(=O)(OC)OC. The van der Waals surface area contributed by atoms with Gasteiger partial charge in [-0.2, -0.15) is 0 Å². The number of ether oxygens (including phenoxy) is 1. The summed E-state index contributed by atoms with van der Waals surface area (Å²) < 4.78 is 25.4. The normalized spacial score (nSPS) is 11.3. The summed E-state index contributed by atoms with van der Waals surface area (Å²) in [5, 5.41) is 0. The molecule has 0 spiro atoms. The van der Waals surface area contributed by atoms with Crippen LogP contribution >= 0.6 is 7.60 Å². The van der Waals surface area contributed by atoms with Crippen LogP contribution in [0.5, 0.6) is 0 Å². The Balaban J connectivity index is 3.74. The van der Waals surface area contributed by atoms with Gasteiger partial charge in [-0.25, -0.2) is 0 Å². The van der Waals surface area contributed by atoms with Crippen LogP contribution in [-0.4, -0.2) is 33.0 Å². The average molecular weight is 210 g/mol. The summed E-state index contributed by atoms with van der Waals surface area (Å²) >= 11 is 0. The molecule has 0 bridgehead atoms. The summed E-state index contributed by atoms with van der Waals surface area (Å²) in [6.45, 7) is 1.75. The highest BCUT2D eigenvalue weighted by molar-refractivity contribution is 7.53. The molecule has 0 aromatic carbocycles. The predicted molar refractivity (Wildman–Crippen MR) is 47.7 cm³/mol. The van der Waals surface area contributed by atoms with Gasteiger partial charge in [0.05, 0.1) is 6.16 Å². The molecule has 0 amide bonds. The molecule has 0 unspecified atom stereocenters. The van der Waals surface area contributed by atoms with Crippen LogP contribution in [0.15, 0.2) is 0 Å². The van der Waals surface area contributed by atoms with Gasteiger partial charge in [-0.15, -0.1) is 0 Å². The minimum atomic E-state index is -3.03. The van der Waals surface area contributed by atoms with Gasteiger partial charge in [0.2, 0.25) is 0 Å². The molecule has 5 nitrogen and oxygen atoms in total. The Morgan fingerprint density at radius 2 is 1.85 bits per heavy atom. The number of hydrogen-bond acceptors (Lipinski definition) is 5. The van der Waals surface area contributed by atoms with Crippen molar-refractivity contribution < 1.29 is 23.1 Å². The Hall–Kier alpha value is -0.380. The first kappa shape index (κ1) is 12.6. The molecule has 0 saturated carbocycles.